The predicted molar refractivity (Wildman–Crippen MR) is 111 cm³/mol. The molecule has 4 saturated carbocycles. The van der Waals surface area contributed by atoms with Crippen LogP contribution in [0.5, 0.6) is 5.75 Å². The highest BCUT2D eigenvalue weighted by atomic mass is 16.3. The van der Waals surface area contributed by atoms with E-state index in [-0.39, 0.29) is 0 Å². The highest BCUT2D eigenvalue weighted by molar-refractivity contribution is 5.41. The van der Waals surface area contributed by atoms with Crippen molar-refractivity contribution in [2.24, 2.45) is 23.2 Å². The summed E-state index contributed by atoms with van der Waals surface area (Å²) in [5.74, 6) is 3.72. The van der Waals surface area contributed by atoms with Crippen LogP contribution in [0.4, 0.5) is 0 Å². The van der Waals surface area contributed by atoms with Gasteiger partial charge in [0.15, 0.2) is 0 Å². The molecule has 0 saturated heterocycles. The van der Waals surface area contributed by atoms with E-state index in [2.05, 4.69) is 17.9 Å². The Morgan fingerprint density at radius 1 is 1.04 bits per heavy atom. The summed E-state index contributed by atoms with van der Waals surface area (Å²) in [6, 6.07) is 6.72. The fourth-order valence-electron chi connectivity index (χ4n) is 7.80. The molecule has 2 heteroatoms. The maximum atomic E-state index is 10.4. The molecule has 4 bridgehead atoms. The molecular formula is C25H37NO. The van der Waals surface area contributed by atoms with E-state index in [1.165, 1.54) is 62.7 Å². The maximum Gasteiger partial charge on any atom is 0.119 e. The fourth-order valence-corrected chi connectivity index (χ4v) is 7.80. The van der Waals surface area contributed by atoms with Gasteiger partial charge in [0.25, 0.3) is 0 Å². The molecule has 2 nitrogen and oxygen atoms in total. The Morgan fingerprint density at radius 2 is 1.74 bits per heavy atom. The number of aryl methyl sites for hydroxylation is 1. The number of phenols is 1. The standard InChI is InChI=1S/C25H37NO/c1-2-9-26(22-7-6-21-4-3-5-24(27)23(21)14-22)10-8-25-15-18-11-19(16-25)13-20(12-18)17-25/h3-5,18-20,22,27H,2,6-17H2,1H3. The summed E-state index contributed by atoms with van der Waals surface area (Å²) in [6.45, 7) is 4.83. The zero-order valence-corrected chi connectivity index (χ0v) is 17.1. The number of fused-ring (bicyclic) bond motifs is 1. The van der Waals surface area contributed by atoms with E-state index in [1.54, 1.807) is 19.3 Å². The molecule has 5 aliphatic rings. The lowest BCUT2D eigenvalue weighted by molar-refractivity contribution is -0.0626. The number of hydrogen-bond donors (Lipinski definition) is 1. The molecule has 1 N–H and O–H groups in total. The van der Waals surface area contributed by atoms with Gasteiger partial charge in [-0.3, -0.25) is 0 Å². The van der Waals surface area contributed by atoms with Gasteiger partial charge in [-0.15, -0.1) is 0 Å². The molecule has 0 heterocycles. The lowest BCUT2D eigenvalue weighted by Crippen LogP contribution is -2.48. The predicted octanol–water partition coefficient (Wildman–Crippen LogP) is 5.57. The summed E-state index contributed by atoms with van der Waals surface area (Å²) in [7, 11) is 0. The van der Waals surface area contributed by atoms with Crippen LogP contribution in [-0.4, -0.2) is 29.1 Å². The molecular weight excluding hydrogens is 330 g/mol. The minimum atomic E-state index is 0.523. The van der Waals surface area contributed by atoms with Crippen molar-refractivity contribution in [1.29, 1.82) is 0 Å². The van der Waals surface area contributed by atoms with E-state index in [0.29, 0.717) is 17.2 Å². The van der Waals surface area contributed by atoms with Crippen LogP contribution in [-0.2, 0) is 12.8 Å². The van der Waals surface area contributed by atoms with Crippen LogP contribution in [0, 0.1) is 23.2 Å². The van der Waals surface area contributed by atoms with Crippen LogP contribution in [0.1, 0.15) is 75.8 Å². The Kier molecular flexibility index (Phi) is 4.74. The average Bonchev–Trinajstić information content (AvgIpc) is 2.64. The number of nitrogens with zero attached hydrogens (tertiary/aromatic N) is 1. The molecule has 1 unspecified atom stereocenters. The molecule has 6 rings (SSSR count). The smallest absolute Gasteiger partial charge is 0.119 e. The van der Waals surface area contributed by atoms with E-state index in [4.69, 9.17) is 0 Å². The van der Waals surface area contributed by atoms with Crippen LogP contribution in [0.25, 0.3) is 0 Å². The molecule has 0 aliphatic heterocycles. The Labute approximate surface area is 165 Å². The van der Waals surface area contributed by atoms with Gasteiger partial charge in [-0.25, -0.2) is 0 Å². The topological polar surface area (TPSA) is 23.5 Å². The summed E-state index contributed by atoms with van der Waals surface area (Å²) < 4.78 is 0. The van der Waals surface area contributed by atoms with Crippen molar-refractivity contribution in [3.8, 4) is 5.75 Å². The third-order valence-corrected chi connectivity index (χ3v) is 8.56. The van der Waals surface area contributed by atoms with Gasteiger partial charge in [0.05, 0.1) is 0 Å². The zero-order valence-electron chi connectivity index (χ0n) is 17.1. The van der Waals surface area contributed by atoms with Crippen molar-refractivity contribution >= 4 is 0 Å². The minimum absolute atomic E-state index is 0.523. The summed E-state index contributed by atoms with van der Waals surface area (Å²) in [5, 5.41) is 10.4. The molecule has 0 spiro atoms. The second-order valence-electron chi connectivity index (χ2n) is 10.5. The van der Waals surface area contributed by atoms with Gasteiger partial charge < -0.3 is 10.0 Å². The molecule has 148 valence electrons. The number of phenolic OH excluding ortho intramolecular Hbond substituents is 1. The van der Waals surface area contributed by atoms with E-state index in [1.807, 2.05) is 12.1 Å². The number of rotatable bonds is 6. The van der Waals surface area contributed by atoms with E-state index in [0.717, 1.165) is 30.6 Å². The van der Waals surface area contributed by atoms with Crippen molar-refractivity contribution < 1.29 is 5.11 Å². The van der Waals surface area contributed by atoms with Gasteiger partial charge in [-0.1, -0.05) is 19.1 Å². The van der Waals surface area contributed by atoms with Crippen LogP contribution in [0.2, 0.25) is 0 Å². The van der Waals surface area contributed by atoms with Crippen molar-refractivity contribution in [2.45, 2.75) is 83.6 Å². The fraction of sp³-hybridized carbons (Fsp3) is 0.760. The minimum Gasteiger partial charge on any atom is -0.508 e. The molecule has 4 fully saturated rings. The molecule has 1 aromatic rings. The summed E-state index contributed by atoms with van der Waals surface area (Å²) in [4.78, 5) is 2.80. The summed E-state index contributed by atoms with van der Waals surface area (Å²) in [5.41, 5.74) is 3.29. The van der Waals surface area contributed by atoms with Crippen molar-refractivity contribution in [1.82, 2.24) is 4.90 Å². The van der Waals surface area contributed by atoms with Gasteiger partial charge in [0.2, 0.25) is 0 Å². The van der Waals surface area contributed by atoms with Crippen LogP contribution in [0.3, 0.4) is 0 Å². The van der Waals surface area contributed by atoms with Gasteiger partial charge in [0.1, 0.15) is 5.75 Å². The van der Waals surface area contributed by atoms with Crippen molar-refractivity contribution in [2.75, 3.05) is 13.1 Å². The highest BCUT2D eigenvalue weighted by Crippen LogP contribution is 2.61. The third-order valence-electron chi connectivity index (χ3n) is 8.56. The van der Waals surface area contributed by atoms with E-state index >= 15 is 0 Å². The Morgan fingerprint density at radius 3 is 2.41 bits per heavy atom. The lowest BCUT2D eigenvalue weighted by Gasteiger charge is -2.57. The summed E-state index contributed by atoms with van der Waals surface area (Å²) >= 11 is 0. The monoisotopic (exact) mass is 367 g/mol. The highest BCUT2D eigenvalue weighted by Gasteiger charge is 2.50. The average molecular weight is 368 g/mol. The molecule has 0 radical (unpaired) electrons. The number of aromatic hydroxyl groups is 1. The second kappa shape index (κ2) is 7.10. The van der Waals surface area contributed by atoms with Crippen molar-refractivity contribution in [3.05, 3.63) is 29.3 Å². The van der Waals surface area contributed by atoms with Crippen LogP contribution < -0.4 is 0 Å². The van der Waals surface area contributed by atoms with Crippen LogP contribution >= 0.6 is 0 Å². The molecule has 27 heavy (non-hydrogen) atoms. The number of hydrogen-bond acceptors (Lipinski definition) is 2. The lowest BCUT2D eigenvalue weighted by atomic mass is 9.49. The first-order chi connectivity index (χ1) is 13.1. The maximum absolute atomic E-state index is 10.4. The van der Waals surface area contributed by atoms with Crippen molar-refractivity contribution in [3.63, 3.8) is 0 Å². The van der Waals surface area contributed by atoms with Gasteiger partial charge >= 0.3 is 0 Å². The second-order valence-corrected chi connectivity index (χ2v) is 10.5. The number of benzene rings is 1. The Hall–Kier alpha value is -1.02. The first-order valence-corrected chi connectivity index (χ1v) is 11.7. The Bertz CT molecular complexity index is 646. The SMILES string of the molecule is CCCN(CCC12CC3CC(CC(C3)C1)C2)C1CCc2cccc(O)c2C1. The largest absolute Gasteiger partial charge is 0.508 e. The third kappa shape index (κ3) is 3.43. The zero-order chi connectivity index (χ0) is 18.4. The molecule has 1 aromatic carbocycles. The quantitative estimate of drug-likeness (QED) is 0.711. The normalized spacial score (nSPS) is 37.0. The van der Waals surface area contributed by atoms with Gasteiger partial charge in [-0.05, 0) is 124 Å². The first-order valence-electron chi connectivity index (χ1n) is 11.7. The van der Waals surface area contributed by atoms with E-state index < -0.39 is 0 Å². The first kappa shape index (κ1) is 18.0. The molecule has 1 atom stereocenters. The van der Waals surface area contributed by atoms with Crippen LogP contribution in [0.15, 0.2) is 18.2 Å². The van der Waals surface area contributed by atoms with E-state index in [9.17, 15) is 5.11 Å². The summed E-state index contributed by atoms with van der Waals surface area (Å²) in [6.07, 6.45) is 15.4. The molecule has 5 aliphatic carbocycles. The van der Waals surface area contributed by atoms with Gasteiger partial charge in [-0.2, -0.15) is 0 Å². The Balaban J connectivity index is 1.27. The van der Waals surface area contributed by atoms with Gasteiger partial charge in [0, 0.05) is 6.04 Å². The molecule has 0 amide bonds. The molecule has 0 aromatic heterocycles.